The van der Waals surface area contributed by atoms with Crippen molar-refractivity contribution in [1.82, 2.24) is 4.90 Å². The second kappa shape index (κ2) is 5.84. The normalized spacial score (nSPS) is 16.9. The van der Waals surface area contributed by atoms with E-state index >= 15 is 0 Å². The van der Waals surface area contributed by atoms with E-state index in [0.29, 0.717) is 12.5 Å². The van der Waals surface area contributed by atoms with E-state index in [1.165, 1.54) is 17.7 Å². The standard InChI is InChI=1S/C11H19NO4/c1-8(16-7-9-3-4-9)11(15)12(2)6-5-10(13)14/h8-9H,3-7H2,1-2H3,(H,13,14). The van der Waals surface area contributed by atoms with Crippen LogP contribution in [0.5, 0.6) is 0 Å². The van der Waals surface area contributed by atoms with E-state index in [2.05, 4.69) is 0 Å². The number of nitrogens with zero attached hydrogens (tertiary/aromatic N) is 1. The molecule has 1 fully saturated rings. The largest absolute Gasteiger partial charge is 0.481 e. The zero-order chi connectivity index (χ0) is 12.1. The van der Waals surface area contributed by atoms with Crippen LogP contribution in [0.25, 0.3) is 0 Å². The quantitative estimate of drug-likeness (QED) is 0.699. The van der Waals surface area contributed by atoms with Gasteiger partial charge in [-0.1, -0.05) is 0 Å². The number of aliphatic carboxylic acids is 1. The van der Waals surface area contributed by atoms with Crippen LogP contribution in [0.4, 0.5) is 0 Å². The predicted octanol–water partition coefficient (Wildman–Crippen LogP) is 0.735. The summed E-state index contributed by atoms with van der Waals surface area (Å²) in [5, 5.41) is 8.50. The number of likely N-dealkylation sites (N-methyl/N-ethyl adjacent to an activating group) is 1. The summed E-state index contributed by atoms with van der Waals surface area (Å²) in [5.41, 5.74) is 0. The lowest BCUT2D eigenvalue weighted by atomic mass is 10.3. The third kappa shape index (κ3) is 4.61. The summed E-state index contributed by atoms with van der Waals surface area (Å²) in [7, 11) is 1.60. The van der Waals surface area contributed by atoms with E-state index < -0.39 is 12.1 Å². The topological polar surface area (TPSA) is 66.8 Å². The van der Waals surface area contributed by atoms with Crippen LogP contribution in [0.3, 0.4) is 0 Å². The Morgan fingerprint density at radius 1 is 1.50 bits per heavy atom. The number of ether oxygens (including phenoxy) is 1. The van der Waals surface area contributed by atoms with E-state index in [4.69, 9.17) is 9.84 Å². The fourth-order valence-electron chi connectivity index (χ4n) is 1.32. The molecule has 1 rings (SSSR count). The van der Waals surface area contributed by atoms with Gasteiger partial charge in [0.25, 0.3) is 5.91 Å². The summed E-state index contributed by atoms with van der Waals surface area (Å²) < 4.78 is 5.42. The van der Waals surface area contributed by atoms with Gasteiger partial charge in [0.05, 0.1) is 13.0 Å². The second-order valence-electron chi connectivity index (χ2n) is 4.32. The number of carbonyl (C=O) groups is 2. The molecule has 1 aliphatic rings. The molecule has 1 unspecified atom stereocenters. The number of rotatable bonds is 7. The van der Waals surface area contributed by atoms with Gasteiger partial charge in [0.1, 0.15) is 6.10 Å². The lowest BCUT2D eigenvalue weighted by Crippen LogP contribution is -2.37. The molecule has 1 N–H and O–H groups in total. The van der Waals surface area contributed by atoms with Gasteiger partial charge in [0, 0.05) is 13.6 Å². The third-order valence-electron chi connectivity index (χ3n) is 2.66. The Bertz CT molecular complexity index is 263. The van der Waals surface area contributed by atoms with E-state index in [1.54, 1.807) is 14.0 Å². The molecule has 0 bridgehead atoms. The van der Waals surface area contributed by atoms with Gasteiger partial charge in [0.15, 0.2) is 0 Å². The van der Waals surface area contributed by atoms with Crippen LogP contribution in [-0.4, -0.2) is 48.2 Å². The molecular weight excluding hydrogens is 210 g/mol. The van der Waals surface area contributed by atoms with E-state index in [-0.39, 0.29) is 18.9 Å². The van der Waals surface area contributed by atoms with Crippen LogP contribution in [0.1, 0.15) is 26.2 Å². The van der Waals surface area contributed by atoms with Gasteiger partial charge in [-0.3, -0.25) is 9.59 Å². The summed E-state index contributed by atoms with van der Waals surface area (Å²) in [6.45, 7) is 2.58. The maximum absolute atomic E-state index is 11.7. The molecule has 5 heteroatoms. The molecule has 92 valence electrons. The molecule has 0 saturated heterocycles. The van der Waals surface area contributed by atoms with Crippen molar-refractivity contribution >= 4 is 11.9 Å². The summed E-state index contributed by atoms with van der Waals surface area (Å²) in [4.78, 5) is 23.5. The molecule has 1 aliphatic carbocycles. The summed E-state index contributed by atoms with van der Waals surface area (Å²) >= 11 is 0. The number of carboxylic acid groups (broad SMARTS) is 1. The fraction of sp³-hybridized carbons (Fsp3) is 0.818. The molecular formula is C11H19NO4. The molecule has 0 heterocycles. The lowest BCUT2D eigenvalue weighted by Gasteiger charge is -2.20. The van der Waals surface area contributed by atoms with Gasteiger partial charge >= 0.3 is 5.97 Å². The Morgan fingerprint density at radius 3 is 2.62 bits per heavy atom. The Balaban J connectivity index is 2.21. The average Bonchev–Trinajstić information content (AvgIpc) is 3.05. The predicted molar refractivity (Wildman–Crippen MR) is 58.0 cm³/mol. The van der Waals surface area contributed by atoms with E-state index in [0.717, 1.165) is 0 Å². The first-order chi connectivity index (χ1) is 7.50. The van der Waals surface area contributed by atoms with Crippen molar-refractivity contribution in [2.75, 3.05) is 20.2 Å². The Hall–Kier alpha value is -1.10. The minimum Gasteiger partial charge on any atom is -0.481 e. The zero-order valence-corrected chi connectivity index (χ0v) is 9.81. The number of hydrogen-bond acceptors (Lipinski definition) is 3. The van der Waals surface area contributed by atoms with Crippen molar-refractivity contribution < 1.29 is 19.4 Å². The molecule has 0 aliphatic heterocycles. The Kier molecular flexibility index (Phi) is 4.73. The third-order valence-corrected chi connectivity index (χ3v) is 2.66. The van der Waals surface area contributed by atoms with Gasteiger partial charge in [-0.05, 0) is 25.7 Å². The fourth-order valence-corrected chi connectivity index (χ4v) is 1.32. The summed E-state index contributed by atoms with van der Waals surface area (Å²) in [6.07, 6.45) is 1.88. The van der Waals surface area contributed by atoms with Crippen molar-refractivity contribution in [3.8, 4) is 0 Å². The van der Waals surface area contributed by atoms with Gasteiger partial charge in [-0.15, -0.1) is 0 Å². The maximum atomic E-state index is 11.7. The van der Waals surface area contributed by atoms with Crippen LogP contribution in [0.2, 0.25) is 0 Å². The Morgan fingerprint density at radius 2 is 2.12 bits per heavy atom. The van der Waals surface area contributed by atoms with Crippen LogP contribution in [-0.2, 0) is 14.3 Å². The number of amides is 1. The van der Waals surface area contributed by atoms with Crippen molar-refractivity contribution in [1.29, 1.82) is 0 Å². The molecule has 0 aromatic carbocycles. The maximum Gasteiger partial charge on any atom is 0.305 e. The highest BCUT2D eigenvalue weighted by Gasteiger charge is 2.25. The second-order valence-corrected chi connectivity index (χ2v) is 4.32. The molecule has 0 spiro atoms. The molecule has 1 amide bonds. The molecule has 5 nitrogen and oxygen atoms in total. The van der Waals surface area contributed by atoms with E-state index in [9.17, 15) is 9.59 Å². The van der Waals surface area contributed by atoms with Crippen LogP contribution < -0.4 is 0 Å². The molecule has 0 radical (unpaired) electrons. The first kappa shape index (κ1) is 13.0. The highest BCUT2D eigenvalue weighted by Crippen LogP contribution is 2.29. The number of carbonyl (C=O) groups excluding carboxylic acids is 1. The summed E-state index contributed by atoms with van der Waals surface area (Å²) in [6, 6.07) is 0. The Labute approximate surface area is 95.4 Å². The lowest BCUT2D eigenvalue weighted by molar-refractivity contribution is -0.143. The SMILES string of the molecule is CC(OCC1CC1)C(=O)N(C)CCC(=O)O. The molecule has 0 aromatic heterocycles. The van der Waals surface area contributed by atoms with Crippen molar-refractivity contribution in [3.63, 3.8) is 0 Å². The van der Waals surface area contributed by atoms with Crippen molar-refractivity contribution in [2.45, 2.75) is 32.3 Å². The highest BCUT2D eigenvalue weighted by molar-refractivity contribution is 5.80. The van der Waals surface area contributed by atoms with Crippen molar-refractivity contribution in [3.05, 3.63) is 0 Å². The zero-order valence-electron chi connectivity index (χ0n) is 9.81. The van der Waals surface area contributed by atoms with Crippen LogP contribution in [0.15, 0.2) is 0 Å². The van der Waals surface area contributed by atoms with Gasteiger partial charge in [0.2, 0.25) is 0 Å². The highest BCUT2D eigenvalue weighted by atomic mass is 16.5. The first-order valence-electron chi connectivity index (χ1n) is 5.59. The number of carboxylic acids is 1. The van der Waals surface area contributed by atoms with Gasteiger partial charge < -0.3 is 14.7 Å². The minimum atomic E-state index is -0.897. The molecule has 0 aromatic rings. The van der Waals surface area contributed by atoms with Gasteiger partial charge in [-0.25, -0.2) is 0 Å². The minimum absolute atomic E-state index is 0.0302. The average molecular weight is 229 g/mol. The van der Waals surface area contributed by atoms with E-state index in [1.807, 2.05) is 0 Å². The monoisotopic (exact) mass is 229 g/mol. The van der Waals surface area contributed by atoms with Gasteiger partial charge in [-0.2, -0.15) is 0 Å². The molecule has 16 heavy (non-hydrogen) atoms. The molecule has 1 saturated carbocycles. The van der Waals surface area contributed by atoms with Crippen molar-refractivity contribution in [2.24, 2.45) is 5.92 Å². The van der Waals surface area contributed by atoms with Crippen LogP contribution >= 0.6 is 0 Å². The van der Waals surface area contributed by atoms with Crippen LogP contribution in [0, 0.1) is 5.92 Å². The number of hydrogen-bond donors (Lipinski definition) is 1. The molecule has 1 atom stereocenters. The smallest absolute Gasteiger partial charge is 0.305 e. The first-order valence-corrected chi connectivity index (χ1v) is 5.59. The summed E-state index contributed by atoms with van der Waals surface area (Å²) in [5.74, 6) is -0.423.